The van der Waals surface area contributed by atoms with Gasteiger partial charge in [0, 0.05) is 6.54 Å². The minimum absolute atomic E-state index is 0.397. The molecule has 70 valence electrons. The van der Waals surface area contributed by atoms with Crippen LogP contribution in [-0.4, -0.2) is 15.0 Å². The van der Waals surface area contributed by atoms with E-state index in [9.17, 15) is 0 Å². The van der Waals surface area contributed by atoms with Gasteiger partial charge in [0.05, 0.1) is 4.88 Å². The zero-order valence-corrected chi connectivity index (χ0v) is 8.45. The van der Waals surface area contributed by atoms with E-state index in [0.717, 1.165) is 17.1 Å². The molecule has 0 saturated carbocycles. The second-order valence-corrected chi connectivity index (χ2v) is 3.64. The molecule has 0 fully saturated rings. The van der Waals surface area contributed by atoms with Crippen LogP contribution in [0.2, 0.25) is 0 Å². The van der Waals surface area contributed by atoms with Gasteiger partial charge in [-0.25, -0.2) is 4.68 Å². The molecule has 0 radical (unpaired) electrons. The van der Waals surface area contributed by atoms with Crippen LogP contribution in [0, 0.1) is 11.3 Å². The number of aromatic nitrogens is 3. The second-order valence-electron chi connectivity index (χ2n) is 2.69. The molecule has 0 saturated heterocycles. The number of nitriles is 1. The SMILES string of the molecule is CCn1nnc(C#N)c1-c1cccs1. The van der Waals surface area contributed by atoms with E-state index in [4.69, 9.17) is 5.26 Å². The zero-order chi connectivity index (χ0) is 9.97. The maximum absolute atomic E-state index is 8.86. The van der Waals surface area contributed by atoms with Crippen molar-refractivity contribution in [1.29, 1.82) is 5.26 Å². The van der Waals surface area contributed by atoms with Crippen LogP contribution < -0.4 is 0 Å². The second kappa shape index (κ2) is 3.60. The molecule has 0 aromatic carbocycles. The maximum atomic E-state index is 8.86. The summed E-state index contributed by atoms with van der Waals surface area (Å²) in [4.78, 5) is 1.04. The van der Waals surface area contributed by atoms with E-state index in [1.54, 1.807) is 16.0 Å². The third-order valence-corrected chi connectivity index (χ3v) is 2.77. The smallest absolute Gasteiger partial charge is 0.191 e. The molecule has 2 rings (SSSR count). The maximum Gasteiger partial charge on any atom is 0.191 e. The lowest BCUT2D eigenvalue weighted by Crippen LogP contribution is -1.98. The summed E-state index contributed by atoms with van der Waals surface area (Å²) in [5.74, 6) is 0. The third-order valence-electron chi connectivity index (χ3n) is 1.90. The molecule has 0 aliphatic carbocycles. The normalized spacial score (nSPS) is 10.0. The number of hydrogen-bond acceptors (Lipinski definition) is 4. The van der Waals surface area contributed by atoms with Gasteiger partial charge in [-0.3, -0.25) is 0 Å². The molecule has 0 unspecified atom stereocenters. The highest BCUT2D eigenvalue weighted by atomic mass is 32.1. The molecule has 2 heterocycles. The summed E-state index contributed by atoms with van der Waals surface area (Å²) in [5.41, 5.74) is 1.22. The van der Waals surface area contributed by atoms with Crippen molar-refractivity contribution in [2.45, 2.75) is 13.5 Å². The molecule has 0 N–H and O–H groups in total. The highest BCUT2D eigenvalue weighted by Gasteiger charge is 2.13. The summed E-state index contributed by atoms with van der Waals surface area (Å²) >= 11 is 1.59. The molecule has 4 nitrogen and oxygen atoms in total. The molecule has 0 aliphatic heterocycles. The van der Waals surface area contributed by atoms with Crippen molar-refractivity contribution in [3.05, 3.63) is 23.2 Å². The number of hydrogen-bond donors (Lipinski definition) is 0. The summed E-state index contributed by atoms with van der Waals surface area (Å²) in [6, 6.07) is 5.97. The summed E-state index contributed by atoms with van der Waals surface area (Å²) in [5, 5.41) is 18.6. The molecule has 2 aromatic heterocycles. The Morgan fingerprint density at radius 3 is 3.07 bits per heavy atom. The minimum atomic E-state index is 0.397. The lowest BCUT2D eigenvalue weighted by Gasteiger charge is -1.99. The van der Waals surface area contributed by atoms with Crippen LogP contribution in [-0.2, 0) is 6.54 Å². The van der Waals surface area contributed by atoms with E-state index in [-0.39, 0.29) is 0 Å². The standard InChI is InChI=1S/C9H8N4S/c1-2-13-9(7(6-10)11-12-13)8-4-3-5-14-8/h3-5H,2H2,1H3. The van der Waals surface area contributed by atoms with Crippen LogP contribution >= 0.6 is 11.3 Å². The first-order chi connectivity index (χ1) is 6.86. The van der Waals surface area contributed by atoms with Gasteiger partial charge in [0.25, 0.3) is 0 Å². The highest BCUT2D eigenvalue weighted by molar-refractivity contribution is 7.13. The fraction of sp³-hybridized carbons (Fsp3) is 0.222. The summed E-state index contributed by atoms with van der Waals surface area (Å²) in [6.45, 7) is 2.70. The fourth-order valence-electron chi connectivity index (χ4n) is 1.27. The van der Waals surface area contributed by atoms with Crippen molar-refractivity contribution in [2.24, 2.45) is 0 Å². The Kier molecular flexibility index (Phi) is 2.29. The number of aryl methyl sites for hydroxylation is 1. The Bertz CT molecular complexity index is 463. The molecule has 0 bridgehead atoms. The number of nitrogens with zero attached hydrogens (tertiary/aromatic N) is 4. The first-order valence-corrected chi connectivity index (χ1v) is 5.12. The van der Waals surface area contributed by atoms with Crippen LogP contribution in [0.4, 0.5) is 0 Å². The van der Waals surface area contributed by atoms with Gasteiger partial charge < -0.3 is 0 Å². The van der Waals surface area contributed by atoms with Gasteiger partial charge in [-0.1, -0.05) is 11.3 Å². The molecule has 0 spiro atoms. The summed E-state index contributed by atoms with van der Waals surface area (Å²) in [6.07, 6.45) is 0. The quantitative estimate of drug-likeness (QED) is 0.750. The predicted octanol–water partition coefficient (Wildman–Crippen LogP) is 1.90. The van der Waals surface area contributed by atoms with E-state index < -0.39 is 0 Å². The Morgan fingerprint density at radius 1 is 1.64 bits per heavy atom. The van der Waals surface area contributed by atoms with Crippen LogP contribution in [0.1, 0.15) is 12.6 Å². The van der Waals surface area contributed by atoms with Crippen LogP contribution in [0.25, 0.3) is 10.6 Å². The van der Waals surface area contributed by atoms with Gasteiger partial charge in [0.2, 0.25) is 0 Å². The number of thiophene rings is 1. The average Bonchev–Trinajstić information content (AvgIpc) is 2.85. The molecule has 5 heteroatoms. The van der Waals surface area contributed by atoms with Gasteiger partial charge in [0.15, 0.2) is 5.69 Å². The van der Waals surface area contributed by atoms with Gasteiger partial charge in [-0.15, -0.1) is 16.4 Å². The van der Waals surface area contributed by atoms with E-state index in [1.807, 2.05) is 24.4 Å². The van der Waals surface area contributed by atoms with E-state index in [2.05, 4.69) is 16.4 Å². The van der Waals surface area contributed by atoms with Gasteiger partial charge in [0.1, 0.15) is 11.8 Å². The largest absolute Gasteiger partial charge is 0.243 e. The Morgan fingerprint density at radius 2 is 2.50 bits per heavy atom. The monoisotopic (exact) mass is 204 g/mol. The van der Waals surface area contributed by atoms with Crippen LogP contribution in [0.5, 0.6) is 0 Å². The van der Waals surface area contributed by atoms with E-state index >= 15 is 0 Å². The van der Waals surface area contributed by atoms with Crippen molar-refractivity contribution in [3.63, 3.8) is 0 Å². The lowest BCUT2D eigenvalue weighted by molar-refractivity contribution is 0.633. The Hall–Kier alpha value is -1.67. The van der Waals surface area contributed by atoms with Crippen molar-refractivity contribution < 1.29 is 0 Å². The first kappa shape index (κ1) is 8.91. The predicted molar refractivity (Wildman–Crippen MR) is 53.7 cm³/mol. The van der Waals surface area contributed by atoms with Crippen molar-refractivity contribution in [1.82, 2.24) is 15.0 Å². The van der Waals surface area contributed by atoms with E-state index in [1.165, 1.54) is 0 Å². The Balaban J connectivity index is 2.61. The average molecular weight is 204 g/mol. The van der Waals surface area contributed by atoms with Crippen molar-refractivity contribution in [3.8, 4) is 16.6 Å². The summed E-state index contributed by atoms with van der Waals surface area (Å²) < 4.78 is 1.74. The molecule has 2 aromatic rings. The van der Waals surface area contributed by atoms with Crippen molar-refractivity contribution in [2.75, 3.05) is 0 Å². The zero-order valence-electron chi connectivity index (χ0n) is 7.64. The minimum Gasteiger partial charge on any atom is -0.243 e. The topological polar surface area (TPSA) is 54.5 Å². The van der Waals surface area contributed by atoms with Gasteiger partial charge in [-0.2, -0.15) is 5.26 Å². The van der Waals surface area contributed by atoms with E-state index in [0.29, 0.717) is 5.69 Å². The highest BCUT2D eigenvalue weighted by Crippen LogP contribution is 2.26. The first-order valence-electron chi connectivity index (χ1n) is 4.24. The number of rotatable bonds is 2. The fourth-order valence-corrected chi connectivity index (χ4v) is 2.04. The summed E-state index contributed by atoms with van der Waals surface area (Å²) in [7, 11) is 0. The van der Waals surface area contributed by atoms with Gasteiger partial charge in [-0.05, 0) is 18.4 Å². The molecule has 14 heavy (non-hydrogen) atoms. The van der Waals surface area contributed by atoms with Crippen LogP contribution in [0.15, 0.2) is 17.5 Å². The molecular weight excluding hydrogens is 196 g/mol. The molecule has 0 atom stereocenters. The third kappa shape index (κ3) is 1.30. The molecular formula is C9H8N4S. The Labute approximate surface area is 85.4 Å². The van der Waals surface area contributed by atoms with Gasteiger partial charge >= 0.3 is 0 Å². The van der Waals surface area contributed by atoms with Crippen LogP contribution in [0.3, 0.4) is 0 Å². The molecule has 0 amide bonds. The van der Waals surface area contributed by atoms with Crippen molar-refractivity contribution >= 4 is 11.3 Å². The lowest BCUT2D eigenvalue weighted by atomic mass is 10.3. The molecule has 0 aliphatic rings.